The lowest BCUT2D eigenvalue weighted by atomic mass is 10.1. The summed E-state index contributed by atoms with van der Waals surface area (Å²) in [4.78, 5) is 43.3. The predicted molar refractivity (Wildman–Crippen MR) is 180 cm³/mol. The van der Waals surface area contributed by atoms with E-state index in [0.29, 0.717) is 33.2 Å². The van der Waals surface area contributed by atoms with Crippen LogP contribution in [-0.2, 0) is 16.2 Å². The first-order valence-electron chi connectivity index (χ1n) is 13.3. The number of anilines is 1. The number of nitrogens with zero attached hydrogens (tertiary/aromatic N) is 3. The normalized spacial score (nSPS) is 11.0. The van der Waals surface area contributed by atoms with Crippen LogP contribution in [0.25, 0.3) is 11.7 Å². The van der Waals surface area contributed by atoms with Gasteiger partial charge in [0.05, 0.1) is 22.9 Å². The molecule has 2 aromatic carbocycles. The number of aryl methyl sites for hydroxylation is 1. The summed E-state index contributed by atoms with van der Waals surface area (Å²) in [6.07, 6.45) is 4.79. The maximum absolute atomic E-state index is 12.9. The summed E-state index contributed by atoms with van der Waals surface area (Å²) in [6.45, 7) is 5.45. The van der Waals surface area contributed by atoms with Gasteiger partial charge in [-0.2, -0.15) is 0 Å². The van der Waals surface area contributed by atoms with Gasteiger partial charge < -0.3 is 20.3 Å². The molecule has 9 nitrogen and oxygen atoms in total. The van der Waals surface area contributed by atoms with Crippen LogP contribution >= 0.6 is 51.5 Å². The van der Waals surface area contributed by atoms with Gasteiger partial charge in [-0.1, -0.05) is 35.3 Å². The molecule has 4 aromatic rings. The van der Waals surface area contributed by atoms with E-state index in [1.54, 1.807) is 55.6 Å². The molecule has 0 unspecified atom stereocenters. The number of fused-ring (bicyclic) bond motifs is 1. The summed E-state index contributed by atoms with van der Waals surface area (Å²) in [5, 5.41) is 6.05. The second-order valence-corrected chi connectivity index (χ2v) is 11.5. The minimum absolute atomic E-state index is 0. The van der Waals surface area contributed by atoms with Gasteiger partial charge in [0, 0.05) is 41.5 Å². The number of carbonyl (C=O) groups excluding carboxylic acids is 3. The highest BCUT2D eigenvalue weighted by atomic mass is 79.9. The maximum atomic E-state index is 12.9. The van der Waals surface area contributed by atoms with Crippen molar-refractivity contribution in [1.29, 1.82) is 0 Å². The lowest BCUT2D eigenvalue weighted by Crippen LogP contribution is -2.37. The first kappa shape index (κ1) is 34.9. The van der Waals surface area contributed by atoms with Gasteiger partial charge >= 0.3 is 0 Å². The Bertz CT molecular complexity index is 1710. The number of nitrogens with one attached hydrogen (secondary N) is 2. The van der Waals surface area contributed by atoms with Crippen LogP contribution in [-0.4, -0.2) is 46.7 Å². The van der Waals surface area contributed by atoms with Crippen LogP contribution in [0.5, 0.6) is 5.75 Å². The number of halogens is 4. The third-order valence-electron chi connectivity index (χ3n) is 6.42. The van der Waals surface area contributed by atoms with E-state index in [2.05, 4.69) is 31.5 Å². The van der Waals surface area contributed by atoms with E-state index in [1.165, 1.54) is 11.0 Å². The molecule has 0 saturated heterocycles. The lowest BCUT2D eigenvalue weighted by molar-refractivity contribution is -0.122. The van der Waals surface area contributed by atoms with Crippen LogP contribution < -0.4 is 20.3 Å². The van der Waals surface area contributed by atoms with Crippen molar-refractivity contribution in [2.75, 3.05) is 18.5 Å². The van der Waals surface area contributed by atoms with Crippen molar-refractivity contribution in [2.24, 2.45) is 0 Å². The number of rotatable bonds is 10. The zero-order valence-electron chi connectivity index (χ0n) is 24.4. The molecule has 0 spiro atoms. The Kier molecular flexibility index (Phi) is 12.2. The number of aromatic nitrogens is 2. The molecule has 0 aliphatic heterocycles. The van der Waals surface area contributed by atoms with E-state index < -0.39 is 5.91 Å². The molecule has 4 rings (SSSR count). The molecule has 0 aliphatic rings. The highest BCUT2D eigenvalue weighted by Crippen LogP contribution is 2.35. The average molecular weight is 724 g/mol. The Labute approximate surface area is 280 Å². The maximum Gasteiger partial charge on any atom is 0.251 e. The third-order valence-corrected chi connectivity index (χ3v) is 8.15. The number of benzene rings is 2. The SMILES string of the molecule is Cc1nc2c(OCc3c(Cl)ccc(N(C)C(=O)CNC(=O)/C=C/c4ccc(C(=O)NC(C)C)cc4)c3Cl)cccn2c1Br.Cl. The Balaban J connectivity index is 0.00000529. The van der Waals surface area contributed by atoms with Crippen LogP contribution in [0.3, 0.4) is 0 Å². The average Bonchev–Trinajstić information content (AvgIpc) is 3.27. The van der Waals surface area contributed by atoms with E-state index in [-0.39, 0.29) is 48.4 Å². The van der Waals surface area contributed by atoms with Crippen molar-refractivity contribution in [3.63, 3.8) is 0 Å². The van der Waals surface area contributed by atoms with Crippen molar-refractivity contribution in [2.45, 2.75) is 33.4 Å². The fourth-order valence-electron chi connectivity index (χ4n) is 4.10. The molecule has 2 N–H and O–H groups in total. The Morgan fingerprint density at radius 2 is 1.82 bits per heavy atom. The quantitative estimate of drug-likeness (QED) is 0.179. The van der Waals surface area contributed by atoms with Gasteiger partial charge in [-0.05, 0) is 84.7 Å². The van der Waals surface area contributed by atoms with Crippen LogP contribution in [0.4, 0.5) is 5.69 Å². The van der Waals surface area contributed by atoms with Gasteiger partial charge in [0.2, 0.25) is 11.8 Å². The number of amides is 3. The number of pyridine rings is 1. The van der Waals surface area contributed by atoms with Crippen LogP contribution in [0, 0.1) is 6.92 Å². The summed E-state index contributed by atoms with van der Waals surface area (Å²) < 4.78 is 8.74. The molecule has 3 amide bonds. The summed E-state index contributed by atoms with van der Waals surface area (Å²) >= 11 is 16.7. The monoisotopic (exact) mass is 721 g/mol. The highest BCUT2D eigenvalue weighted by molar-refractivity contribution is 9.10. The minimum Gasteiger partial charge on any atom is -0.485 e. The predicted octanol–water partition coefficient (Wildman–Crippen LogP) is 6.64. The summed E-state index contributed by atoms with van der Waals surface area (Å²) in [5.74, 6) is -0.459. The Hall–Kier alpha value is -3.57. The topological polar surface area (TPSA) is 105 Å². The third kappa shape index (κ3) is 8.32. The molecule has 2 heterocycles. The fourth-order valence-corrected chi connectivity index (χ4v) is 5.09. The van der Waals surface area contributed by atoms with Crippen molar-refractivity contribution < 1.29 is 19.1 Å². The minimum atomic E-state index is -0.449. The molecule has 0 saturated carbocycles. The number of likely N-dealkylation sites (N-methyl/N-ethyl adjacent to an activating group) is 1. The molecule has 0 bridgehead atoms. The molecule has 232 valence electrons. The number of imidazole rings is 1. The molecule has 0 atom stereocenters. The zero-order chi connectivity index (χ0) is 31.3. The first-order chi connectivity index (χ1) is 20.5. The second-order valence-electron chi connectivity index (χ2n) is 9.96. The summed E-state index contributed by atoms with van der Waals surface area (Å²) in [5.41, 5.74) is 3.63. The number of ether oxygens (including phenoxy) is 1. The van der Waals surface area contributed by atoms with Gasteiger partial charge in [-0.3, -0.25) is 18.8 Å². The molecule has 0 radical (unpaired) electrons. The van der Waals surface area contributed by atoms with Gasteiger partial charge in [0.1, 0.15) is 11.2 Å². The molecule has 0 fully saturated rings. The molecule has 0 aliphatic carbocycles. The number of carbonyl (C=O) groups is 3. The van der Waals surface area contributed by atoms with E-state index in [0.717, 1.165) is 15.9 Å². The smallest absolute Gasteiger partial charge is 0.251 e. The number of hydrogen-bond acceptors (Lipinski definition) is 5. The number of hydrogen-bond donors (Lipinski definition) is 2. The van der Waals surface area contributed by atoms with E-state index in [4.69, 9.17) is 27.9 Å². The van der Waals surface area contributed by atoms with Gasteiger partial charge in [0.15, 0.2) is 11.4 Å². The molecule has 13 heteroatoms. The van der Waals surface area contributed by atoms with Crippen molar-refractivity contribution in [1.82, 2.24) is 20.0 Å². The first-order valence-corrected chi connectivity index (χ1v) is 14.9. The largest absolute Gasteiger partial charge is 0.485 e. The Morgan fingerprint density at radius 1 is 1.11 bits per heavy atom. The Morgan fingerprint density at radius 3 is 2.50 bits per heavy atom. The summed E-state index contributed by atoms with van der Waals surface area (Å²) in [7, 11) is 1.56. The zero-order valence-corrected chi connectivity index (χ0v) is 28.3. The molecule has 2 aromatic heterocycles. The molecule has 44 heavy (non-hydrogen) atoms. The highest BCUT2D eigenvalue weighted by Gasteiger charge is 2.20. The van der Waals surface area contributed by atoms with E-state index in [1.807, 2.05) is 37.4 Å². The van der Waals surface area contributed by atoms with Crippen LogP contribution in [0.1, 0.15) is 41.0 Å². The van der Waals surface area contributed by atoms with Crippen molar-refractivity contribution >= 4 is 86.7 Å². The second kappa shape index (κ2) is 15.4. The standard InChI is InChI=1S/C31H30BrCl2N5O4.ClH/c1-18(2)36-31(42)21-10-7-20(8-11-21)9-14-26(40)35-16-27(41)38(4)24-13-12-23(33)22(28(24)34)17-43-25-6-5-15-39-29(32)19(3)37-30(25)39;/h5-15,18H,16-17H2,1-4H3,(H,35,40)(H,36,42);1H/b14-9+;. The van der Waals surface area contributed by atoms with Gasteiger partial charge in [0.25, 0.3) is 5.91 Å². The van der Waals surface area contributed by atoms with Crippen molar-refractivity contribution in [3.05, 3.63) is 97.8 Å². The van der Waals surface area contributed by atoms with E-state index >= 15 is 0 Å². The molecular weight excluding hydrogens is 693 g/mol. The van der Waals surface area contributed by atoms with Crippen LogP contribution in [0.15, 0.2) is 65.4 Å². The van der Waals surface area contributed by atoms with E-state index in [9.17, 15) is 14.4 Å². The molecular formula is C31H31BrCl3N5O4. The van der Waals surface area contributed by atoms with Crippen LogP contribution in [0.2, 0.25) is 10.0 Å². The fraction of sp³-hybridized carbons (Fsp3) is 0.226. The lowest BCUT2D eigenvalue weighted by Gasteiger charge is -2.21. The van der Waals surface area contributed by atoms with Gasteiger partial charge in [-0.15, -0.1) is 12.4 Å². The van der Waals surface area contributed by atoms with Gasteiger partial charge in [-0.25, -0.2) is 4.98 Å². The summed E-state index contributed by atoms with van der Waals surface area (Å²) in [6, 6.07) is 13.8. The van der Waals surface area contributed by atoms with Crippen molar-refractivity contribution in [3.8, 4) is 5.75 Å².